The minimum absolute atomic E-state index is 0.0414. The second-order valence-electron chi connectivity index (χ2n) is 5.49. The van der Waals surface area contributed by atoms with Gasteiger partial charge in [-0.15, -0.1) is 11.6 Å². The molecule has 0 saturated carbocycles. The fourth-order valence-corrected chi connectivity index (χ4v) is 3.19. The number of benzene rings is 1. The third kappa shape index (κ3) is 7.56. The second kappa shape index (κ2) is 11.4. The van der Waals surface area contributed by atoms with Gasteiger partial charge in [0.15, 0.2) is 0 Å². The molecule has 1 atom stereocenters. The molecule has 1 rings (SSSR count). The minimum Gasteiger partial charge on any atom is -0.494 e. The molecule has 21 heavy (non-hydrogen) atoms. The predicted octanol–water partition coefficient (Wildman–Crippen LogP) is 7.27. The standard InChI is InChI=1S/C18H28BrClO/c1-3-5-6-7-8-9-10-11-17(20)16-14-15(19)12-13-18(16)21-4-2/h12-14,17H,3-11H2,1-2H3. The lowest BCUT2D eigenvalue weighted by Crippen LogP contribution is -1.99. The molecule has 0 aliphatic heterocycles. The molecule has 0 aliphatic rings. The topological polar surface area (TPSA) is 9.23 Å². The van der Waals surface area contributed by atoms with Gasteiger partial charge in [0.1, 0.15) is 5.75 Å². The summed E-state index contributed by atoms with van der Waals surface area (Å²) in [5, 5.41) is 0.0414. The van der Waals surface area contributed by atoms with E-state index in [2.05, 4.69) is 28.9 Å². The highest BCUT2D eigenvalue weighted by molar-refractivity contribution is 9.10. The lowest BCUT2D eigenvalue weighted by Gasteiger charge is -2.15. The zero-order valence-electron chi connectivity index (χ0n) is 13.3. The summed E-state index contributed by atoms with van der Waals surface area (Å²) < 4.78 is 6.74. The zero-order valence-corrected chi connectivity index (χ0v) is 15.7. The lowest BCUT2D eigenvalue weighted by molar-refractivity contribution is 0.335. The van der Waals surface area contributed by atoms with Crippen molar-refractivity contribution in [1.82, 2.24) is 0 Å². The maximum atomic E-state index is 6.58. The maximum Gasteiger partial charge on any atom is 0.124 e. The van der Waals surface area contributed by atoms with Crippen molar-refractivity contribution in [1.29, 1.82) is 0 Å². The lowest BCUT2D eigenvalue weighted by atomic mass is 10.0. The highest BCUT2D eigenvalue weighted by atomic mass is 79.9. The fourth-order valence-electron chi connectivity index (χ4n) is 2.49. The van der Waals surface area contributed by atoms with Gasteiger partial charge in [0.25, 0.3) is 0 Å². The minimum atomic E-state index is 0.0414. The van der Waals surface area contributed by atoms with Crippen LogP contribution in [0.3, 0.4) is 0 Å². The first-order chi connectivity index (χ1) is 10.2. The predicted molar refractivity (Wildman–Crippen MR) is 96.5 cm³/mol. The van der Waals surface area contributed by atoms with Crippen molar-refractivity contribution in [2.75, 3.05) is 6.61 Å². The molecule has 120 valence electrons. The summed E-state index contributed by atoms with van der Waals surface area (Å²) >= 11 is 10.1. The van der Waals surface area contributed by atoms with E-state index >= 15 is 0 Å². The summed E-state index contributed by atoms with van der Waals surface area (Å²) in [5.41, 5.74) is 1.11. The molecule has 0 amide bonds. The van der Waals surface area contributed by atoms with E-state index in [1.165, 1.54) is 44.9 Å². The van der Waals surface area contributed by atoms with Crippen LogP contribution < -0.4 is 4.74 Å². The van der Waals surface area contributed by atoms with Crippen LogP contribution in [0, 0.1) is 0 Å². The highest BCUT2D eigenvalue weighted by Crippen LogP contribution is 2.35. The third-order valence-corrected chi connectivity index (χ3v) is 4.62. The average Bonchev–Trinajstić information content (AvgIpc) is 2.48. The summed E-state index contributed by atoms with van der Waals surface area (Å²) in [6, 6.07) is 6.10. The van der Waals surface area contributed by atoms with Gasteiger partial charge in [-0.2, -0.15) is 0 Å². The van der Waals surface area contributed by atoms with E-state index in [0.717, 1.165) is 22.2 Å². The van der Waals surface area contributed by atoms with Gasteiger partial charge >= 0.3 is 0 Å². The summed E-state index contributed by atoms with van der Waals surface area (Å²) in [4.78, 5) is 0. The van der Waals surface area contributed by atoms with Crippen LogP contribution in [0.25, 0.3) is 0 Å². The van der Waals surface area contributed by atoms with Crippen molar-refractivity contribution in [3.05, 3.63) is 28.2 Å². The molecule has 0 fully saturated rings. The summed E-state index contributed by atoms with van der Waals surface area (Å²) in [6.07, 6.45) is 10.2. The quantitative estimate of drug-likeness (QED) is 0.292. The van der Waals surface area contributed by atoms with Gasteiger partial charge in [-0.3, -0.25) is 0 Å². The zero-order chi connectivity index (χ0) is 15.5. The number of rotatable bonds is 11. The van der Waals surface area contributed by atoms with Crippen LogP contribution in [0.4, 0.5) is 0 Å². The van der Waals surface area contributed by atoms with Gasteiger partial charge in [-0.05, 0) is 31.5 Å². The smallest absolute Gasteiger partial charge is 0.124 e. The van der Waals surface area contributed by atoms with Crippen LogP contribution in [0.15, 0.2) is 22.7 Å². The molecule has 0 spiro atoms. The molecule has 0 aromatic heterocycles. The van der Waals surface area contributed by atoms with Crippen molar-refractivity contribution in [2.24, 2.45) is 0 Å². The molecule has 1 nitrogen and oxygen atoms in total. The normalized spacial score (nSPS) is 12.4. The molecule has 0 aliphatic carbocycles. The van der Waals surface area contributed by atoms with E-state index in [-0.39, 0.29) is 5.38 Å². The molecule has 3 heteroatoms. The maximum absolute atomic E-state index is 6.58. The monoisotopic (exact) mass is 374 g/mol. The summed E-state index contributed by atoms with van der Waals surface area (Å²) in [5.74, 6) is 0.920. The van der Waals surface area contributed by atoms with Crippen molar-refractivity contribution in [2.45, 2.75) is 70.6 Å². The van der Waals surface area contributed by atoms with Crippen LogP contribution in [0.5, 0.6) is 5.75 Å². The van der Waals surface area contributed by atoms with Gasteiger partial charge in [-0.25, -0.2) is 0 Å². The Morgan fingerprint density at radius 2 is 1.71 bits per heavy atom. The first-order valence-corrected chi connectivity index (χ1v) is 9.48. The molecule has 1 unspecified atom stereocenters. The Morgan fingerprint density at radius 3 is 2.38 bits per heavy atom. The van der Waals surface area contributed by atoms with Crippen LogP contribution in [-0.4, -0.2) is 6.61 Å². The Morgan fingerprint density at radius 1 is 1.05 bits per heavy atom. The molecule has 0 bridgehead atoms. The average molecular weight is 376 g/mol. The van der Waals surface area contributed by atoms with Gasteiger partial charge in [0.05, 0.1) is 12.0 Å². The Labute approximate surface area is 143 Å². The second-order valence-corrected chi connectivity index (χ2v) is 6.94. The number of ether oxygens (including phenoxy) is 1. The molecule has 0 N–H and O–H groups in total. The first-order valence-electron chi connectivity index (χ1n) is 8.25. The first kappa shape index (κ1) is 18.8. The summed E-state index contributed by atoms with van der Waals surface area (Å²) in [6.45, 7) is 4.94. The molecular weight excluding hydrogens is 348 g/mol. The van der Waals surface area contributed by atoms with Gasteiger partial charge in [-0.1, -0.05) is 67.8 Å². The molecule has 0 saturated heterocycles. The van der Waals surface area contributed by atoms with Crippen LogP contribution >= 0.6 is 27.5 Å². The summed E-state index contributed by atoms with van der Waals surface area (Å²) in [7, 11) is 0. The Bertz CT molecular complexity index is 395. The van der Waals surface area contributed by atoms with Crippen molar-refractivity contribution in [3.63, 3.8) is 0 Å². The molecule has 0 heterocycles. The van der Waals surface area contributed by atoms with Crippen molar-refractivity contribution < 1.29 is 4.74 Å². The Balaban J connectivity index is 2.37. The highest BCUT2D eigenvalue weighted by Gasteiger charge is 2.14. The molecule has 0 radical (unpaired) electrons. The SMILES string of the molecule is CCCCCCCCCC(Cl)c1cc(Br)ccc1OCC. The number of hydrogen-bond acceptors (Lipinski definition) is 1. The van der Waals surface area contributed by atoms with Gasteiger partial charge in [0.2, 0.25) is 0 Å². The van der Waals surface area contributed by atoms with E-state index < -0.39 is 0 Å². The molecule has 1 aromatic carbocycles. The van der Waals surface area contributed by atoms with E-state index in [1.54, 1.807) is 0 Å². The number of hydrogen-bond donors (Lipinski definition) is 0. The van der Waals surface area contributed by atoms with Crippen molar-refractivity contribution in [3.8, 4) is 5.75 Å². The third-order valence-electron chi connectivity index (χ3n) is 3.67. The Hall–Kier alpha value is -0.210. The number of unbranched alkanes of at least 4 members (excludes halogenated alkanes) is 6. The number of alkyl halides is 1. The largest absolute Gasteiger partial charge is 0.494 e. The van der Waals surface area contributed by atoms with E-state index in [9.17, 15) is 0 Å². The Kier molecular flexibility index (Phi) is 10.2. The van der Waals surface area contributed by atoms with E-state index in [4.69, 9.17) is 16.3 Å². The van der Waals surface area contributed by atoms with Gasteiger partial charge in [0, 0.05) is 10.0 Å². The van der Waals surface area contributed by atoms with Crippen molar-refractivity contribution >= 4 is 27.5 Å². The fraction of sp³-hybridized carbons (Fsp3) is 0.667. The van der Waals surface area contributed by atoms with Crippen LogP contribution in [0.2, 0.25) is 0 Å². The van der Waals surface area contributed by atoms with E-state index in [0.29, 0.717) is 6.61 Å². The van der Waals surface area contributed by atoms with E-state index in [1.807, 2.05) is 19.1 Å². The molecule has 1 aromatic rings. The molecular formula is C18H28BrClO. The van der Waals surface area contributed by atoms with Gasteiger partial charge < -0.3 is 4.74 Å². The number of halogens is 2. The van der Waals surface area contributed by atoms with Crippen LogP contribution in [-0.2, 0) is 0 Å². The van der Waals surface area contributed by atoms with Crippen LogP contribution in [0.1, 0.15) is 76.2 Å².